The Bertz CT molecular complexity index is 340. The van der Waals surface area contributed by atoms with E-state index in [0.29, 0.717) is 6.04 Å². The van der Waals surface area contributed by atoms with Gasteiger partial charge in [0.25, 0.3) is 0 Å². The van der Waals surface area contributed by atoms with Crippen LogP contribution in [0.1, 0.15) is 37.3 Å². The first-order chi connectivity index (χ1) is 6.97. The average Bonchev–Trinajstić information content (AvgIpc) is 2.56. The molecule has 84 valence electrons. The standard InChI is InChI=1S/C12H19NOS/c1-9-10-5-7-15-11(10)4-6-13(9)8-12(2,3)14/h5,7,9,14H,4,6,8H2,1-3H3. The molecule has 2 nitrogen and oxygen atoms in total. The van der Waals surface area contributed by atoms with Crippen molar-refractivity contribution in [3.63, 3.8) is 0 Å². The van der Waals surface area contributed by atoms with Crippen LogP contribution in [0.3, 0.4) is 0 Å². The lowest BCUT2D eigenvalue weighted by molar-refractivity contribution is 0.0207. The van der Waals surface area contributed by atoms with E-state index in [0.717, 1.165) is 19.5 Å². The minimum atomic E-state index is -0.595. The van der Waals surface area contributed by atoms with Gasteiger partial charge in [-0.05, 0) is 44.2 Å². The van der Waals surface area contributed by atoms with Gasteiger partial charge in [-0.3, -0.25) is 4.90 Å². The van der Waals surface area contributed by atoms with E-state index in [1.54, 1.807) is 0 Å². The number of nitrogens with zero attached hydrogens (tertiary/aromatic N) is 1. The molecule has 0 aliphatic carbocycles. The van der Waals surface area contributed by atoms with E-state index in [1.807, 2.05) is 25.2 Å². The maximum Gasteiger partial charge on any atom is 0.0718 e. The van der Waals surface area contributed by atoms with Crippen LogP contribution >= 0.6 is 11.3 Å². The van der Waals surface area contributed by atoms with Crippen LogP contribution < -0.4 is 0 Å². The minimum Gasteiger partial charge on any atom is -0.389 e. The molecule has 0 saturated heterocycles. The molecule has 1 unspecified atom stereocenters. The van der Waals surface area contributed by atoms with Crippen molar-refractivity contribution in [1.82, 2.24) is 4.90 Å². The summed E-state index contributed by atoms with van der Waals surface area (Å²) in [6.45, 7) is 7.81. The summed E-state index contributed by atoms with van der Waals surface area (Å²) in [5.41, 5.74) is 0.859. The van der Waals surface area contributed by atoms with Gasteiger partial charge >= 0.3 is 0 Å². The molecular weight excluding hydrogens is 206 g/mol. The molecular formula is C12H19NOS. The fourth-order valence-corrected chi connectivity index (χ4v) is 3.24. The van der Waals surface area contributed by atoms with Crippen LogP contribution in [0.15, 0.2) is 11.4 Å². The highest BCUT2D eigenvalue weighted by Gasteiger charge is 2.28. The number of aliphatic hydroxyl groups is 1. The lowest BCUT2D eigenvalue weighted by Crippen LogP contribution is -2.42. The molecule has 0 amide bonds. The van der Waals surface area contributed by atoms with Crippen LogP contribution in [0.5, 0.6) is 0 Å². The highest BCUT2D eigenvalue weighted by molar-refractivity contribution is 7.10. The third-order valence-electron chi connectivity index (χ3n) is 2.99. The Morgan fingerprint density at radius 2 is 2.33 bits per heavy atom. The molecule has 1 aromatic rings. The van der Waals surface area contributed by atoms with Crippen molar-refractivity contribution in [1.29, 1.82) is 0 Å². The zero-order valence-electron chi connectivity index (χ0n) is 9.66. The molecule has 1 aromatic heterocycles. The van der Waals surface area contributed by atoms with E-state index in [9.17, 15) is 5.11 Å². The van der Waals surface area contributed by atoms with Gasteiger partial charge in [-0.2, -0.15) is 0 Å². The Morgan fingerprint density at radius 3 is 3.00 bits per heavy atom. The van der Waals surface area contributed by atoms with Gasteiger partial charge in [0.1, 0.15) is 0 Å². The predicted octanol–water partition coefficient (Wildman–Crippen LogP) is 2.44. The molecule has 15 heavy (non-hydrogen) atoms. The first-order valence-electron chi connectivity index (χ1n) is 5.50. The summed E-state index contributed by atoms with van der Waals surface area (Å²) in [5, 5.41) is 12.0. The molecule has 1 aliphatic heterocycles. The second-order valence-corrected chi connectivity index (χ2v) is 6.01. The molecule has 0 bridgehead atoms. The third kappa shape index (κ3) is 2.41. The molecule has 1 N–H and O–H groups in total. The van der Waals surface area contributed by atoms with Crippen molar-refractivity contribution in [2.24, 2.45) is 0 Å². The second-order valence-electron chi connectivity index (χ2n) is 5.01. The lowest BCUT2D eigenvalue weighted by atomic mass is 9.99. The van der Waals surface area contributed by atoms with Crippen molar-refractivity contribution in [2.75, 3.05) is 13.1 Å². The molecule has 0 aromatic carbocycles. The molecule has 3 heteroatoms. The Morgan fingerprint density at radius 1 is 1.60 bits per heavy atom. The SMILES string of the molecule is CC1c2ccsc2CCN1CC(C)(C)O. The van der Waals surface area contributed by atoms with Gasteiger partial charge in [-0.25, -0.2) is 0 Å². The Labute approximate surface area is 95.5 Å². The van der Waals surface area contributed by atoms with Crippen LogP contribution in [-0.4, -0.2) is 28.7 Å². The van der Waals surface area contributed by atoms with Crippen LogP contribution in [0.2, 0.25) is 0 Å². The highest BCUT2D eigenvalue weighted by Crippen LogP contribution is 2.33. The summed E-state index contributed by atoms with van der Waals surface area (Å²) in [7, 11) is 0. The smallest absolute Gasteiger partial charge is 0.0718 e. The van der Waals surface area contributed by atoms with Gasteiger partial charge in [0, 0.05) is 24.0 Å². The van der Waals surface area contributed by atoms with Crippen molar-refractivity contribution in [2.45, 2.75) is 38.8 Å². The molecule has 0 radical (unpaired) electrons. The van der Waals surface area contributed by atoms with E-state index < -0.39 is 5.60 Å². The van der Waals surface area contributed by atoms with Crippen LogP contribution in [0.25, 0.3) is 0 Å². The van der Waals surface area contributed by atoms with Gasteiger partial charge in [-0.15, -0.1) is 11.3 Å². The molecule has 1 aliphatic rings. The number of β-amino-alcohol motifs (C(OH)–C–C–N with tert-alkyl or cyclic N) is 1. The number of thiophene rings is 1. The topological polar surface area (TPSA) is 23.5 Å². The van der Waals surface area contributed by atoms with Crippen LogP contribution in [-0.2, 0) is 6.42 Å². The molecule has 2 rings (SSSR count). The largest absolute Gasteiger partial charge is 0.389 e. The van der Waals surface area contributed by atoms with E-state index in [-0.39, 0.29) is 0 Å². The molecule has 0 spiro atoms. The molecule has 0 saturated carbocycles. The van der Waals surface area contributed by atoms with Gasteiger partial charge in [0.2, 0.25) is 0 Å². The Hall–Kier alpha value is -0.380. The van der Waals surface area contributed by atoms with E-state index >= 15 is 0 Å². The number of rotatable bonds is 2. The maximum absolute atomic E-state index is 9.85. The van der Waals surface area contributed by atoms with Crippen molar-refractivity contribution in [3.05, 3.63) is 21.9 Å². The maximum atomic E-state index is 9.85. The fourth-order valence-electron chi connectivity index (χ4n) is 2.27. The summed E-state index contributed by atoms with van der Waals surface area (Å²) in [4.78, 5) is 3.89. The zero-order chi connectivity index (χ0) is 11.1. The minimum absolute atomic E-state index is 0.450. The lowest BCUT2D eigenvalue weighted by Gasteiger charge is -2.37. The number of fused-ring (bicyclic) bond motifs is 1. The molecule has 1 atom stereocenters. The zero-order valence-corrected chi connectivity index (χ0v) is 10.5. The Kier molecular flexibility index (Phi) is 2.88. The average molecular weight is 225 g/mol. The van der Waals surface area contributed by atoms with Crippen molar-refractivity contribution >= 4 is 11.3 Å². The van der Waals surface area contributed by atoms with Crippen molar-refractivity contribution < 1.29 is 5.11 Å². The summed E-state index contributed by atoms with van der Waals surface area (Å²) >= 11 is 1.86. The van der Waals surface area contributed by atoms with Gasteiger partial charge in [0.05, 0.1) is 5.60 Å². The van der Waals surface area contributed by atoms with Crippen LogP contribution in [0.4, 0.5) is 0 Å². The summed E-state index contributed by atoms with van der Waals surface area (Å²) in [6.07, 6.45) is 1.13. The van der Waals surface area contributed by atoms with E-state index in [4.69, 9.17) is 0 Å². The predicted molar refractivity (Wildman–Crippen MR) is 64.3 cm³/mol. The quantitative estimate of drug-likeness (QED) is 0.835. The highest BCUT2D eigenvalue weighted by atomic mass is 32.1. The van der Waals surface area contributed by atoms with E-state index in [2.05, 4.69) is 23.3 Å². The summed E-state index contributed by atoms with van der Waals surface area (Å²) < 4.78 is 0. The summed E-state index contributed by atoms with van der Waals surface area (Å²) in [6, 6.07) is 2.67. The molecule has 2 heterocycles. The number of hydrogen-bond donors (Lipinski definition) is 1. The van der Waals surface area contributed by atoms with E-state index in [1.165, 1.54) is 10.4 Å². The first-order valence-corrected chi connectivity index (χ1v) is 6.38. The fraction of sp³-hybridized carbons (Fsp3) is 0.667. The molecule has 0 fully saturated rings. The normalized spacial score (nSPS) is 22.8. The number of hydrogen-bond acceptors (Lipinski definition) is 3. The Balaban J connectivity index is 2.13. The second kappa shape index (κ2) is 3.89. The van der Waals surface area contributed by atoms with Gasteiger partial charge in [0.15, 0.2) is 0 Å². The van der Waals surface area contributed by atoms with Crippen molar-refractivity contribution in [3.8, 4) is 0 Å². The first kappa shape index (κ1) is 11.1. The summed E-state index contributed by atoms with van der Waals surface area (Å²) in [5.74, 6) is 0. The third-order valence-corrected chi connectivity index (χ3v) is 3.99. The van der Waals surface area contributed by atoms with Gasteiger partial charge in [-0.1, -0.05) is 0 Å². The monoisotopic (exact) mass is 225 g/mol. The van der Waals surface area contributed by atoms with Crippen LogP contribution in [0, 0.1) is 0 Å². The van der Waals surface area contributed by atoms with Gasteiger partial charge < -0.3 is 5.11 Å².